The lowest BCUT2D eigenvalue weighted by Gasteiger charge is -2.07. The van der Waals surface area contributed by atoms with Crippen LogP contribution < -0.4 is 10.1 Å². The zero-order valence-corrected chi connectivity index (χ0v) is 15.5. The van der Waals surface area contributed by atoms with Gasteiger partial charge in [-0.05, 0) is 31.2 Å². The fraction of sp³-hybridized carbons (Fsp3) is 0.200. The normalized spacial score (nSPS) is 12.9. The van der Waals surface area contributed by atoms with Crippen molar-refractivity contribution in [3.05, 3.63) is 65.3 Å². The predicted molar refractivity (Wildman–Crippen MR) is 104 cm³/mol. The number of anilines is 1. The van der Waals surface area contributed by atoms with E-state index in [-0.39, 0.29) is 6.61 Å². The first-order valence-electron chi connectivity index (χ1n) is 8.95. The van der Waals surface area contributed by atoms with E-state index in [2.05, 4.69) is 25.5 Å². The summed E-state index contributed by atoms with van der Waals surface area (Å²) >= 11 is 0. The van der Waals surface area contributed by atoms with Gasteiger partial charge in [0.25, 0.3) is 0 Å². The van der Waals surface area contributed by atoms with E-state index in [1.54, 1.807) is 10.9 Å². The van der Waals surface area contributed by atoms with Crippen LogP contribution in [-0.2, 0) is 20.2 Å². The number of hydrogen-bond donors (Lipinski definition) is 1. The maximum Gasteiger partial charge on any atom is 0.241 e. The van der Waals surface area contributed by atoms with Gasteiger partial charge in [0.2, 0.25) is 5.88 Å². The van der Waals surface area contributed by atoms with Gasteiger partial charge in [0.05, 0.1) is 23.1 Å². The highest BCUT2D eigenvalue weighted by Crippen LogP contribution is 2.28. The van der Waals surface area contributed by atoms with E-state index < -0.39 is 0 Å². The molecule has 1 aliphatic rings. The van der Waals surface area contributed by atoms with Crippen LogP contribution >= 0.6 is 0 Å². The first-order valence-corrected chi connectivity index (χ1v) is 8.95. The zero-order chi connectivity index (χ0) is 19.1. The molecule has 8 nitrogen and oxygen atoms in total. The molecule has 0 saturated carbocycles. The molecule has 140 valence electrons. The van der Waals surface area contributed by atoms with Crippen LogP contribution in [0.2, 0.25) is 0 Å². The number of hydrogen-bond acceptors (Lipinski definition) is 7. The van der Waals surface area contributed by atoms with Crippen LogP contribution in [0.3, 0.4) is 0 Å². The monoisotopic (exact) mass is 374 g/mol. The Morgan fingerprint density at radius 3 is 3.04 bits per heavy atom. The van der Waals surface area contributed by atoms with Crippen molar-refractivity contribution in [1.82, 2.24) is 19.9 Å². The van der Waals surface area contributed by atoms with E-state index >= 15 is 0 Å². The summed E-state index contributed by atoms with van der Waals surface area (Å²) in [7, 11) is 1.89. The van der Waals surface area contributed by atoms with Gasteiger partial charge in [0.1, 0.15) is 5.69 Å². The molecular formula is C20H18N6O2. The molecule has 1 N–H and O–H groups in total. The lowest BCUT2D eigenvalue weighted by molar-refractivity contribution is 0.241. The second kappa shape index (κ2) is 6.49. The molecule has 8 heteroatoms. The molecule has 0 bridgehead atoms. The molecule has 0 unspecified atom stereocenters. The van der Waals surface area contributed by atoms with Crippen molar-refractivity contribution in [1.29, 1.82) is 0 Å². The van der Waals surface area contributed by atoms with Crippen LogP contribution in [0.15, 0.2) is 52.1 Å². The quantitative estimate of drug-likeness (QED) is 0.590. The maximum atomic E-state index is 5.84. The standard InChI is InChI=1S/C20H18N6O2/c1-12-8-15(28-25-12)11-27-20-16-6-5-14(9-17(16)26(2)24-20)23-19-18-13(10-22-19)4-3-7-21-18/h3-9H,10-11H2,1-2H3,(H,22,23). The van der Waals surface area contributed by atoms with Crippen LogP contribution in [0.4, 0.5) is 5.69 Å². The number of nitrogens with zero attached hydrogens (tertiary/aromatic N) is 5. The molecule has 0 saturated heterocycles. The number of aryl methyl sites for hydroxylation is 2. The van der Waals surface area contributed by atoms with Crippen molar-refractivity contribution in [2.45, 2.75) is 20.1 Å². The van der Waals surface area contributed by atoms with Gasteiger partial charge in [-0.25, -0.2) is 0 Å². The molecule has 0 fully saturated rings. The number of aromatic nitrogens is 4. The molecule has 0 aliphatic carbocycles. The maximum absolute atomic E-state index is 5.84. The summed E-state index contributed by atoms with van der Waals surface area (Å²) in [6, 6.07) is 11.8. The average molecular weight is 374 g/mol. The van der Waals surface area contributed by atoms with Gasteiger partial charge in [0, 0.05) is 30.6 Å². The summed E-state index contributed by atoms with van der Waals surface area (Å²) in [6.45, 7) is 2.81. The molecule has 1 aliphatic heterocycles. The average Bonchev–Trinajstić information content (AvgIpc) is 3.39. The molecule has 0 radical (unpaired) electrons. The minimum absolute atomic E-state index is 0.284. The van der Waals surface area contributed by atoms with Gasteiger partial charge < -0.3 is 14.6 Å². The van der Waals surface area contributed by atoms with Crippen molar-refractivity contribution in [3.8, 4) is 5.88 Å². The third kappa shape index (κ3) is 2.88. The largest absolute Gasteiger partial charge is 0.468 e. The highest BCUT2D eigenvalue weighted by molar-refractivity contribution is 6.09. The summed E-state index contributed by atoms with van der Waals surface area (Å²) < 4.78 is 12.8. The van der Waals surface area contributed by atoms with E-state index in [1.165, 1.54) is 0 Å². The second-order valence-corrected chi connectivity index (χ2v) is 6.68. The van der Waals surface area contributed by atoms with E-state index in [1.807, 2.05) is 50.4 Å². The summed E-state index contributed by atoms with van der Waals surface area (Å²) in [6.07, 6.45) is 1.78. The summed E-state index contributed by atoms with van der Waals surface area (Å²) in [4.78, 5) is 8.98. The van der Waals surface area contributed by atoms with Crippen LogP contribution in [0.25, 0.3) is 10.9 Å². The molecule has 1 aromatic carbocycles. The fourth-order valence-corrected chi connectivity index (χ4v) is 3.29. The van der Waals surface area contributed by atoms with Crippen molar-refractivity contribution in [3.63, 3.8) is 0 Å². The van der Waals surface area contributed by atoms with Gasteiger partial charge in [-0.1, -0.05) is 11.2 Å². The minimum Gasteiger partial charge on any atom is -0.468 e. The number of nitrogens with one attached hydrogen (secondary N) is 1. The Labute approximate surface area is 160 Å². The number of amidine groups is 1. The lowest BCUT2D eigenvalue weighted by atomic mass is 10.2. The topological polar surface area (TPSA) is 90.4 Å². The Hall–Kier alpha value is -3.68. The Kier molecular flexibility index (Phi) is 3.82. The van der Waals surface area contributed by atoms with Gasteiger partial charge in [-0.3, -0.25) is 14.7 Å². The summed E-state index contributed by atoms with van der Waals surface area (Å²) in [5, 5.41) is 12.6. The second-order valence-electron chi connectivity index (χ2n) is 6.68. The fourth-order valence-electron chi connectivity index (χ4n) is 3.29. The van der Waals surface area contributed by atoms with Gasteiger partial charge >= 0.3 is 0 Å². The molecule has 4 aromatic rings. The van der Waals surface area contributed by atoms with E-state index in [0.29, 0.717) is 18.2 Å². The minimum atomic E-state index is 0.284. The molecule has 0 atom stereocenters. The molecule has 4 heterocycles. The van der Waals surface area contributed by atoms with Crippen molar-refractivity contribution in [2.75, 3.05) is 5.32 Å². The van der Waals surface area contributed by atoms with Gasteiger partial charge in [0.15, 0.2) is 18.2 Å². The number of benzene rings is 1. The van der Waals surface area contributed by atoms with E-state index in [0.717, 1.165) is 39.4 Å². The Bertz CT molecular complexity index is 1210. The summed E-state index contributed by atoms with van der Waals surface area (Å²) in [5.74, 6) is 2.01. The predicted octanol–water partition coefficient (Wildman–Crippen LogP) is 3.22. The van der Waals surface area contributed by atoms with Crippen molar-refractivity contribution >= 4 is 22.4 Å². The lowest BCUT2D eigenvalue weighted by Crippen LogP contribution is -2.13. The first-order chi connectivity index (χ1) is 13.7. The van der Waals surface area contributed by atoms with Crippen LogP contribution in [0, 0.1) is 6.92 Å². The zero-order valence-electron chi connectivity index (χ0n) is 15.5. The van der Waals surface area contributed by atoms with Crippen LogP contribution in [0.1, 0.15) is 22.7 Å². The van der Waals surface area contributed by atoms with E-state index in [9.17, 15) is 0 Å². The molecule has 28 heavy (non-hydrogen) atoms. The van der Waals surface area contributed by atoms with Crippen LogP contribution in [-0.4, -0.2) is 25.8 Å². The Balaban J connectivity index is 1.39. The SMILES string of the molecule is Cc1cc(COc2nn(C)c3cc(NC4=NCc5cccnc54)ccc23)on1. The van der Waals surface area contributed by atoms with Crippen LogP contribution in [0.5, 0.6) is 5.88 Å². The number of rotatable bonds is 4. The van der Waals surface area contributed by atoms with Crippen molar-refractivity contribution < 1.29 is 9.26 Å². The smallest absolute Gasteiger partial charge is 0.241 e. The molecule has 5 rings (SSSR count). The highest BCUT2D eigenvalue weighted by atomic mass is 16.5. The molecule has 3 aromatic heterocycles. The van der Waals surface area contributed by atoms with E-state index in [4.69, 9.17) is 9.26 Å². The first kappa shape index (κ1) is 16.5. The molecular weight excluding hydrogens is 356 g/mol. The molecule has 0 spiro atoms. The highest BCUT2D eigenvalue weighted by Gasteiger charge is 2.18. The number of ether oxygens (including phenoxy) is 1. The van der Waals surface area contributed by atoms with Gasteiger partial charge in [-0.15, -0.1) is 5.10 Å². The third-order valence-corrected chi connectivity index (χ3v) is 4.63. The summed E-state index contributed by atoms with van der Waals surface area (Å²) in [5.41, 5.74) is 4.73. The third-order valence-electron chi connectivity index (χ3n) is 4.63. The number of pyridine rings is 1. The van der Waals surface area contributed by atoms with Crippen molar-refractivity contribution in [2.24, 2.45) is 12.0 Å². The number of fused-ring (bicyclic) bond motifs is 2. The Morgan fingerprint density at radius 1 is 1.25 bits per heavy atom. The molecule has 0 amide bonds. The Morgan fingerprint density at radius 2 is 2.18 bits per heavy atom. The number of aliphatic imine (C=N–C) groups is 1. The van der Waals surface area contributed by atoms with Gasteiger partial charge in [-0.2, -0.15) is 0 Å².